The highest BCUT2D eigenvalue weighted by molar-refractivity contribution is 8.00. The Morgan fingerprint density at radius 3 is 2.81 bits per heavy atom. The standard InChI is InChI=1S/C28H34ClN5O2S/c1-19-6-2-9-22-24(19)32-27(34(25(22)35)21-8-3-7-20(29)16-21)37-23(10-13-30)26(36)33-15-5-12-28(18-33)11-4-14-31-17-28/h2-3,6-9,16,23,31H,4-5,10-15,17-18,30H2,1H3. The second-order valence-corrected chi connectivity index (χ2v) is 11.9. The van der Waals surface area contributed by atoms with E-state index in [4.69, 9.17) is 22.3 Å². The minimum Gasteiger partial charge on any atom is -0.341 e. The molecule has 2 fully saturated rings. The van der Waals surface area contributed by atoms with E-state index in [1.165, 1.54) is 11.8 Å². The number of halogens is 1. The maximum Gasteiger partial charge on any atom is 0.266 e. The fraction of sp³-hybridized carbons (Fsp3) is 0.464. The Morgan fingerprint density at radius 2 is 2.05 bits per heavy atom. The van der Waals surface area contributed by atoms with Crippen LogP contribution in [-0.2, 0) is 4.79 Å². The van der Waals surface area contributed by atoms with E-state index < -0.39 is 5.25 Å². The number of nitrogens with one attached hydrogen (secondary N) is 1. The van der Waals surface area contributed by atoms with E-state index in [0.29, 0.717) is 39.7 Å². The number of benzene rings is 2. The van der Waals surface area contributed by atoms with Gasteiger partial charge in [-0.3, -0.25) is 14.2 Å². The summed E-state index contributed by atoms with van der Waals surface area (Å²) < 4.78 is 1.58. The van der Waals surface area contributed by atoms with Crippen molar-refractivity contribution < 1.29 is 4.79 Å². The number of para-hydroxylation sites is 1. The molecule has 2 aliphatic rings. The largest absolute Gasteiger partial charge is 0.341 e. The van der Waals surface area contributed by atoms with Gasteiger partial charge in [0.2, 0.25) is 5.91 Å². The molecule has 2 unspecified atom stereocenters. The number of carbonyl (C=O) groups excluding carboxylic acids is 1. The summed E-state index contributed by atoms with van der Waals surface area (Å²) in [7, 11) is 0. The van der Waals surface area contributed by atoms with Crippen LogP contribution in [0.15, 0.2) is 52.4 Å². The number of carbonyl (C=O) groups is 1. The van der Waals surface area contributed by atoms with Crippen molar-refractivity contribution in [2.75, 3.05) is 32.7 Å². The lowest BCUT2D eigenvalue weighted by Gasteiger charge is -2.46. The number of aryl methyl sites for hydroxylation is 1. The fourth-order valence-electron chi connectivity index (χ4n) is 5.74. The van der Waals surface area contributed by atoms with Crippen LogP contribution in [-0.4, -0.2) is 58.3 Å². The molecule has 37 heavy (non-hydrogen) atoms. The van der Waals surface area contributed by atoms with E-state index in [2.05, 4.69) is 5.32 Å². The number of likely N-dealkylation sites (tertiary alicyclic amines) is 1. The summed E-state index contributed by atoms with van der Waals surface area (Å²) in [4.78, 5) is 34.7. The number of hydrogen-bond donors (Lipinski definition) is 2. The molecule has 9 heteroatoms. The minimum absolute atomic E-state index is 0.0804. The van der Waals surface area contributed by atoms with Gasteiger partial charge < -0.3 is 16.0 Å². The lowest BCUT2D eigenvalue weighted by atomic mass is 9.74. The predicted octanol–water partition coefficient (Wildman–Crippen LogP) is 4.15. The van der Waals surface area contributed by atoms with Gasteiger partial charge in [0.05, 0.1) is 21.8 Å². The predicted molar refractivity (Wildman–Crippen MR) is 151 cm³/mol. The van der Waals surface area contributed by atoms with E-state index >= 15 is 0 Å². The Hall–Kier alpha value is -2.39. The van der Waals surface area contributed by atoms with Crippen molar-refractivity contribution in [2.45, 2.75) is 49.4 Å². The lowest BCUT2D eigenvalue weighted by Crippen LogP contribution is -2.54. The van der Waals surface area contributed by atoms with Crippen molar-refractivity contribution in [1.29, 1.82) is 0 Å². The van der Waals surface area contributed by atoms with Crippen LogP contribution in [0.5, 0.6) is 0 Å². The van der Waals surface area contributed by atoms with Crippen LogP contribution in [0.1, 0.15) is 37.7 Å². The maximum atomic E-state index is 13.9. The van der Waals surface area contributed by atoms with Crippen LogP contribution in [0.4, 0.5) is 0 Å². The zero-order chi connectivity index (χ0) is 26.0. The maximum absolute atomic E-state index is 13.9. The Labute approximate surface area is 226 Å². The number of amides is 1. The normalized spacial score (nSPS) is 20.9. The Morgan fingerprint density at radius 1 is 1.24 bits per heavy atom. The third-order valence-electron chi connectivity index (χ3n) is 7.62. The quantitative estimate of drug-likeness (QED) is 0.361. The van der Waals surface area contributed by atoms with Gasteiger partial charge in [0.15, 0.2) is 5.16 Å². The first kappa shape index (κ1) is 26.2. The zero-order valence-electron chi connectivity index (χ0n) is 21.2. The number of fused-ring (bicyclic) bond motifs is 1. The lowest BCUT2D eigenvalue weighted by molar-refractivity contribution is -0.134. The third-order valence-corrected chi connectivity index (χ3v) is 9.06. The van der Waals surface area contributed by atoms with Crippen LogP contribution in [0, 0.1) is 12.3 Å². The Balaban J connectivity index is 1.53. The number of piperidine rings is 2. The topological polar surface area (TPSA) is 93.2 Å². The average Bonchev–Trinajstić information content (AvgIpc) is 2.89. The molecule has 196 valence electrons. The van der Waals surface area contributed by atoms with Crippen molar-refractivity contribution in [3.05, 3.63) is 63.4 Å². The highest BCUT2D eigenvalue weighted by atomic mass is 35.5. The van der Waals surface area contributed by atoms with Gasteiger partial charge in [-0.15, -0.1) is 0 Å². The molecule has 3 aromatic rings. The smallest absolute Gasteiger partial charge is 0.266 e. The number of thioether (sulfide) groups is 1. The van der Waals surface area contributed by atoms with Crippen LogP contribution < -0.4 is 16.6 Å². The van der Waals surface area contributed by atoms with E-state index in [0.717, 1.165) is 57.4 Å². The average molecular weight is 540 g/mol. The van der Waals surface area contributed by atoms with Crippen molar-refractivity contribution in [2.24, 2.45) is 11.1 Å². The first-order valence-corrected chi connectivity index (χ1v) is 14.3. The number of aromatic nitrogens is 2. The van der Waals surface area contributed by atoms with Crippen LogP contribution in [0.25, 0.3) is 16.6 Å². The second kappa shape index (κ2) is 11.2. The highest BCUT2D eigenvalue weighted by Gasteiger charge is 2.39. The van der Waals surface area contributed by atoms with Crippen molar-refractivity contribution in [1.82, 2.24) is 19.8 Å². The zero-order valence-corrected chi connectivity index (χ0v) is 22.8. The number of hydrogen-bond acceptors (Lipinski definition) is 6. The summed E-state index contributed by atoms with van der Waals surface area (Å²) in [5.41, 5.74) is 8.17. The first-order valence-electron chi connectivity index (χ1n) is 13.1. The number of nitrogens with zero attached hydrogens (tertiary/aromatic N) is 3. The number of rotatable bonds is 6. The van der Waals surface area contributed by atoms with E-state index in [1.807, 2.05) is 36.1 Å². The van der Waals surface area contributed by atoms with Gasteiger partial charge in [0, 0.05) is 30.1 Å². The summed E-state index contributed by atoms with van der Waals surface area (Å²) >= 11 is 7.63. The molecule has 1 spiro atoms. The highest BCUT2D eigenvalue weighted by Crippen LogP contribution is 2.37. The van der Waals surface area contributed by atoms with Crippen LogP contribution >= 0.6 is 23.4 Å². The van der Waals surface area contributed by atoms with Gasteiger partial charge in [-0.25, -0.2) is 4.98 Å². The molecule has 0 aliphatic carbocycles. The molecule has 2 saturated heterocycles. The molecule has 7 nitrogen and oxygen atoms in total. The molecular formula is C28H34ClN5O2S. The van der Waals surface area contributed by atoms with Gasteiger partial charge in [0.25, 0.3) is 5.56 Å². The van der Waals surface area contributed by atoms with Gasteiger partial charge >= 0.3 is 0 Å². The molecular weight excluding hydrogens is 506 g/mol. The van der Waals surface area contributed by atoms with Crippen molar-refractivity contribution in [3.63, 3.8) is 0 Å². The van der Waals surface area contributed by atoms with Crippen molar-refractivity contribution >= 4 is 40.2 Å². The summed E-state index contributed by atoms with van der Waals surface area (Å²) in [5.74, 6) is 0.0804. The molecule has 0 bridgehead atoms. The molecule has 3 N–H and O–H groups in total. The SMILES string of the molecule is Cc1cccc2c(=O)n(-c3cccc(Cl)c3)c(SC(CCN)C(=O)N3CCCC4(CCCNC4)C3)nc12. The fourth-order valence-corrected chi connectivity index (χ4v) is 7.13. The van der Waals surface area contributed by atoms with Crippen LogP contribution in [0.2, 0.25) is 5.02 Å². The summed E-state index contributed by atoms with van der Waals surface area (Å²) in [5, 5.41) is 4.64. The Bertz CT molecular complexity index is 1350. The molecule has 2 aromatic carbocycles. The third kappa shape index (κ3) is 5.43. The Kier molecular flexibility index (Phi) is 7.91. The summed E-state index contributed by atoms with van der Waals surface area (Å²) in [6, 6.07) is 12.8. The van der Waals surface area contributed by atoms with Gasteiger partial charge in [-0.2, -0.15) is 0 Å². The molecule has 2 aliphatic heterocycles. The van der Waals surface area contributed by atoms with E-state index in [-0.39, 0.29) is 16.9 Å². The van der Waals surface area contributed by atoms with Crippen molar-refractivity contribution in [3.8, 4) is 5.69 Å². The molecule has 1 amide bonds. The first-order chi connectivity index (χ1) is 17.9. The van der Waals surface area contributed by atoms with Gasteiger partial charge in [-0.1, -0.05) is 41.6 Å². The monoisotopic (exact) mass is 539 g/mol. The minimum atomic E-state index is -0.435. The molecule has 3 heterocycles. The molecule has 0 saturated carbocycles. The summed E-state index contributed by atoms with van der Waals surface area (Å²) in [6.45, 7) is 5.86. The van der Waals surface area contributed by atoms with Crippen LogP contribution in [0.3, 0.4) is 0 Å². The molecule has 2 atom stereocenters. The van der Waals surface area contributed by atoms with Gasteiger partial charge in [0.1, 0.15) is 0 Å². The molecule has 5 rings (SSSR count). The molecule has 0 radical (unpaired) electrons. The second-order valence-electron chi connectivity index (χ2n) is 10.3. The van der Waals surface area contributed by atoms with E-state index in [9.17, 15) is 9.59 Å². The summed E-state index contributed by atoms with van der Waals surface area (Å²) in [6.07, 6.45) is 4.96. The van der Waals surface area contributed by atoms with Gasteiger partial charge in [-0.05, 0) is 81.9 Å². The van der Waals surface area contributed by atoms with E-state index in [1.54, 1.807) is 22.8 Å². The number of nitrogens with two attached hydrogens (primary N) is 1. The molecule has 1 aromatic heterocycles.